The first-order valence-electron chi connectivity index (χ1n) is 11.9. The van der Waals surface area contributed by atoms with Crippen molar-refractivity contribution in [2.45, 2.75) is 38.9 Å². The molecule has 1 spiro atoms. The fraction of sp³-hybridized carbons (Fsp3) is 0.423. The molecule has 0 bridgehead atoms. The minimum absolute atomic E-state index is 0.00431. The van der Waals surface area contributed by atoms with Crippen LogP contribution >= 0.6 is 0 Å². The van der Waals surface area contributed by atoms with E-state index in [9.17, 15) is 22.8 Å². The molecule has 3 heterocycles. The second-order valence-corrected chi connectivity index (χ2v) is 9.87. The molecule has 10 heteroatoms. The van der Waals surface area contributed by atoms with Crippen LogP contribution in [0, 0.1) is 12.3 Å². The van der Waals surface area contributed by atoms with Gasteiger partial charge in [0.05, 0.1) is 29.7 Å². The molecule has 2 aliphatic rings. The van der Waals surface area contributed by atoms with Crippen molar-refractivity contribution in [3.63, 3.8) is 0 Å². The maximum Gasteiger partial charge on any atom is 0.416 e. The van der Waals surface area contributed by atoms with Crippen LogP contribution in [0.4, 0.5) is 18.9 Å². The molecule has 1 aromatic heterocycles. The number of aromatic amines is 1. The summed E-state index contributed by atoms with van der Waals surface area (Å²) in [5.41, 5.74) is -0.237. The largest absolute Gasteiger partial charge is 0.416 e. The number of nitrogens with zero attached hydrogens (tertiary/aromatic N) is 2. The molecule has 2 saturated heterocycles. The Morgan fingerprint density at radius 1 is 1.22 bits per heavy atom. The van der Waals surface area contributed by atoms with Gasteiger partial charge in [0.25, 0.3) is 11.5 Å². The van der Waals surface area contributed by atoms with Crippen molar-refractivity contribution in [3.05, 3.63) is 69.3 Å². The number of aryl methyl sites for hydroxylation is 1. The van der Waals surface area contributed by atoms with Gasteiger partial charge in [-0.15, -0.1) is 0 Å². The smallest absolute Gasteiger partial charge is 0.380 e. The lowest BCUT2D eigenvalue weighted by molar-refractivity contribution is -0.138. The molecular formula is C26H27F3N4O3. The third-order valence-electron chi connectivity index (χ3n) is 7.05. The molecule has 7 nitrogen and oxygen atoms in total. The number of halogens is 3. The Balaban J connectivity index is 1.37. The highest BCUT2D eigenvalue weighted by molar-refractivity contribution is 5.94. The number of H-pyrrole nitrogens is 1. The lowest BCUT2D eigenvalue weighted by atomic mass is 9.78. The zero-order valence-electron chi connectivity index (χ0n) is 20.0. The van der Waals surface area contributed by atoms with Gasteiger partial charge in [-0.3, -0.25) is 9.59 Å². The summed E-state index contributed by atoms with van der Waals surface area (Å²) >= 11 is 0. The molecule has 0 aliphatic carbocycles. The van der Waals surface area contributed by atoms with Gasteiger partial charge in [0.15, 0.2) is 0 Å². The Hall–Kier alpha value is -3.40. The van der Waals surface area contributed by atoms with E-state index in [0.29, 0.717) is 37.6 Å². The van der Waals surface area contributed by atoms with Crippen LogP contribution in [0.5, 0.6) is 0 Å². The minimum atomic E-state index is -4.62. The van der Waals surface area contributed by atoms with Gasteiger partial charge in [-0.2, -0.15) is 13.2 Å². The van der Waals surface area contributed by atoms with Crippen LogP contribution in [0.15, 0.2) is 41.2 Å². The molecule has 1 amide bonds. The maximum absolute atomic E-state index is 13.9. The maximum atomic E-state index is 13.9. The van der Waals surface area contributed by atoms with Crippen molar-refractivity contribution in [3.8, 4) is 0 Å². The van der Waals surface area contributed by atoms with Crippen LogP contribution in [0.2, 0.25) is 0 Å². The summed E-state index contributed by atoms with van der Waals surface area (Å²) in [6, 6.07) is 8.12. The van der Waals surface area contributed by atoms with Crippen LogP contribution in [-0.4, -0.2) is 47.1 Å². The van der Waals surface area contributed by atoms with Gasteiger partial charge in [-0.1, -0.05) is 0 Å². The lowest BCUT2D eigenvalue weighted by Gasteiger charge is -2.48. The molecule has 2 aliphatic heterocycles. The van der Waals surface area contributed by atoms with Crippen LogP contribution in [0.25, 0.3) is 10.9 Å². The summed E-state index contributed by atoms with van der Waals surface area (Å²) in [5, 5.41) is 3.16. The predicted molar refractivity (Wildman–Crippen MR) is 129 cm³/mol. The van der Waals surface area contributed by atoms with Gasteiger partial charge in [-0.25, -0.2) is 4.98 Å². The Labute approximate surface area is 205 Å². The summed E-state index contributed by atoms with van der Waals surface area (Å²) in [6.07, 6.45) is -2.61. The van der Waals surface area contributed by atoms with Crippen LogP contribution in [0.3, 0.4) is 0 Å². The van der Waals surface area contributed by atoms with Gasteiger partial charge in [0.2, 0.25) is 0 Å². The van der Waals surface area contributed by atoms with E-state index in [1.165, 1.54) is 13.0 Å². The Morgan fingerprint density at radius 2 is 1.94 bits per heavy atom. The van der Waals surface area contributed by atoms with Gasteiger partial charge in [-0.05, 0) is 68.7 Å². The molecule has 190 valence electrons. The molecule has 5 rings (SSSR count). The monoisotopic (exact) mass is 500 g/mol. The summed E-state index contributed by atoms with van der Waals surface area (Å²) in [5.74, 6) is 0.186. The SMILES string of the molecule is Cc1nc2cc(C(F)(F)F)c([C@H](C)Nc3ccc(C(=O)N4CCCC5(COC5)C4)cc3)cc2c(=O)[nH]1. The topological polar surface area (TPSA) is 87.3 Å². The van der Waals surface area contributed by atoms with E-state index in [1.807, 2.05) is 4.90 Å². The molecule has 2 fully saturated rings. The van der Waals surface area contributed by atoms with E-state index in [2.05, 4.69) is 15.3 Å². The van der Waals surface area contributed by atoms with Gasteiger partial charge >= 0.3 is 6.18 Å². The van der Waals surface area contributed by atoms with E-state index in [0.717, 1.165) is 18.9 Å². The van der Waals surface area contributed by atoms with E-state index < -0.39 is 23.3 Å². The Kier molecular flexibility index (Phi) is 6.02. The number of benzene rings is 2. The van der Waals surface area contributed by atoms with E-state index in [1.54, 1.807) is 31.2 Å². The zero-order valence-corrected chi connectivity index (χ0v) is 20.0. The van der Waals surface area contributed by atoms with Crippen molar-refractivity contribution < 1.29 is 22.7 Å². The standard InChI is InChI=1S/C26H27F3N4O3/c1-15(19-10-20-22(11-21(19)26(27,28)29)31-16(2)32-23(20)34)30-18-6-4-17(5-7-18)24(35)33-9-3-8-25(12-33)13-36-14-25/h4-7,10-11,15,30H,3,8-9,12-14H2,1-2H3,(H,31,32,34)/t15-/m0/s1. The molecule has 0 saturated carbocycles. The van der Waals surface area contributed by atoms with E-state index in [-0.39, 0.29) is 33.6 Å². The average Bonchev–Trinajstić information content (AvgIpc) is 2.82. The molecule has 1 atom stereocenters. The first-order chi connectivity index (χ1) is 17.0. The number of aromatic nitrogens is 2. The quantitative estimate of drug-likeness (QED) is 0.544. The third kappa shape index (κ3) is 4.57. The van der Waals surface area contributed by atoms with Crippen molar-refractivity contribution in [2.24, 2.45) is 5.41 Å². The summed E-state index contributed by atoms with van der Waals surface area (Å²) in [6.45, 7) is 5.87. The molecule has 2 N–H and O–H groups in total. The fourth-order valence-corrected chi connectivity index (χ4v) is 5.15. The Morgan fingerprint density at radius 3 is 2.58 bits per heavy atom. The molecular weight excluding hydrogens is 473 g/mol. The number of piperidine rings is 1. The number of fused-ring (bicyclic) bond motifs is 1. The molecule has 2 aromatic carbocycles. The first-order valence-corrected chi connectivity index (χ1v) is 11.9. The highest BCUT2D eigenvalue weighted by Crippen LogP contribution is 2.38. The molecule has 36 heavy (non-hydrogen) atoms. The Bertz CT molecular complexity index is 1360. The van der Waals surface area contributed by atoms with Gasteiger partial charge < -0.3 is 19.9 Å². The minimum Gasteiger partial charge on any atom is -0.380 e. The number of hydrogen-bond acceptors (Lipinski definition) is 5. The number of hydrogen-bond donors (Lipinski definition) is 2. The number of amides is 1. The van der Waals surface area contributed by atoms with E-state index >= 15 is 0 Å². The number of carbonyl (C=O) groups is 1. The second kappa shape index (κ2) is 8.92. The normalized spacial score (nSPS) is 18.2. The van der Waals surface area contributed by atoms with Crippen molar-refractivity contribution in [1.29, 1.82) is 0 Å². The predicted octanol–water partition coefficient (Wildman–Crippen LogP) is 4.68. The molecule has 3 aromatic rings. The van der Waals surface area contributed by atoms with E-state index in [4.69, 9.17) is 4.74 Å². The lowest BCUT2D eigenvalue weighted by Crippen LogP contribution is -2.55. The van der Waals surface area contributed by atoms with Crippen LogP contribution in [-0.2, 0) is 10.9 Å². The molecule has 0 unspecified atom stereocenters. The summed E-state index contributed by atoms with van der Waals surface area (Å²) < 4.78 is 47.0. The average molecular weight is 501 g/mol. The first kappa shape index (κ1) is 24.3. The van der Waals surface area contributed by atoms with Crippen LogP contribution < -0.4 is 10.9 Å². The number of rotatable bonds is 4. The number of likely N-dealkylation sites (tertiary alicyclic amines) is 1. The number of nitrogens with one attached hydrogen (secondary N) is 2. The van der Waals surface area contributed by atoms with Crippen molar-refractivity contribution >= 4 is 22.5 Å². The number of alkyl halides is 3. The zero-order chi connectivity index (χ0) is 25.7. The van der Waals surface area contributed by atoms with Gasteiger partial charge in [0, 0.05) is 35.8 Å². The summed E-state index contributed by atoms with van der Waals surface area (Å²) in [7, 11) is 0. The van der Waals surface area contributed by atoms with Gasteiger partial charge in [0.1, 0.15) is 5.82 Å². The second-order valence-electron chi connectivity index (χ2n) is 9.87. The fourth-order valence-electron chi connectivity index (χ4n) is 5.15. The van der Waals surface area contributed by atoms with Crippen molar-refractivity contribution in [2.75, 3.05) is 31.6 Å². The number of carbonyl (C=O) groups excluding carboxylic acids is 1. The highest BCUT2D eigenvalue weighted by Gasteiger charge is 2.43. The summed E-state index contributed by atoms with van der Waals surface area (Å²) in [4.78, 5) is 33.8. The highest BCUT2D eigenvalue weighted by atomic mass is 19.4. The van der Waals surface area contributed by atoms with Crippen LogP contribution in [0.1, 0.15) is 53.1 Å². The molecule has 0 radical (unpaired) electrons. The number of ether oxygens (including phenoxy) is 1. The number of anilines is 1. The third-order valence-corrected chi connectivity index (χ3v) is 7.05. The van der Waals surface area contributed by atoms with Crippen molar-refractivity contribution in [1.82, 2.24) is 14.9 Å².